The van der Waals surface area contributed by atoms with Crippen LogP contribution in [-0.4, -0.2) is 23.4 Å². The predicted molar refractivity (Wildman–Crippen MR) is 74.7 cm³/mol. The van der Waals surface area contributed by atoms with Crippen LogP contribution in [0.25, 0.3) is 0 Å². The summed E-state index contributed by atoms with van der Waals surface area (Å²) >= 11 is 6.01. The molecule has 0 heterocycles. The zero-order valence-electron chi connectivity index (χ0n) is 11.1. The van der Waals surface area contributed by atoms with Crippen molar-refractivity contribution in [2.75, 3.05) is 12.9 Å². The average molecular weight is 252 g/mol. The maximum Gasteiger partial charge on any atom is 0.0402 e. The Hall–Kier alpha value is -0.530. The standard InChI is InChI=1S/C15H22ClN/c1-15(2,11-16)17(3)10-12-7-8-13-5-4-6-14(13)9-12/h7-9H,4-6,10-11H2,1-3H3. The monoisotopic (exact) mass is 251 g/mol. The number of hydrogen-bond donors (Lipinski definition) is 0. The molecule has 94 valence electrons. The average Bonchev–Trinajstić information content (AvgIpc) is 2.76. The molecule has 0 N–H and O–H groups in total. The van der Waals surface area contributed by atoms with Gasteiger partial charge in [0.1, 0.15) is 0 Å². The summed E-state index contributed by atoms with van der Waals surface area (Å²) in [4.78, 5) is 2.33. The highest BCUT2D eigenvalue weighted by molar-refractivity contribution is 6.18. The van der Waals surface area contributed by atoms with Crippen molar-refractivity contribution in [1.82, 2.24) is 4.90 Å². The lowest BCUT2D eigenvalue weighted by Gasteiger charge is -2.34. The van der Waals surface area contributed by atoms with E-state index in [4.69, 9.17) is 11.6 Å². The summed E-state index contributed by atoms with van der Waals surface area (Å²) in [6.07, 6.45) is 3.84. The van der Waals surface area contributed by atoms with E-state index < -0.39 is 0 Å². The van der Waals surface area contributed by atoms with Gasteiger partial charge in [0.2, 0.25) is 0 Å². The van der Waals surface area contributed by atoms with Gasteiger partial charge in [-0.2, -0.15) is 0 Å². The van der Waals surface area contributed by atoms with Gasteiger partial charge in [0.05, 0.1) is 0 Å². The Morgan fingerprint density at radius 2 is 1.94 bits per heavy atom. The van der Waals surface area contributed by atoms with Crippen molar-refractivity contribution < 1.29 is 0 Å². The molecule has 0 aliphatic heterocycles. The van der Waals surface area contributed by atoms with Gasteiger partial charge in [-0.15, -0.1) is 11.6 Å². The molecule has 17 heavy (non-hydrogen) atoms. The van der Waals surface area contributed by atoms with Gasteiger partial charge in [-0.3, -0.25) is 4.90 Å². The van der Waals surface area contributed by atoms with E-state index in [2.05, 4.69) is 44.0 Å². The van der Waals surface area contributed by atoms with Crippen LogP contribution in [0.4, 0.5) is 0 Å². The molecular weight excluding hydrogens is 230 g/mol. The molecule has 0 spiro atoms. The molecule has 1 aromatic carbocycles. The van der Waals surface area contributed by atoms with Crippen LogP contribution < -0.4 is 0 Å². The van der Waals surface area contributed by atoms with Crippen LogP contribution in [0, 0.1) is 0 Å². The first kappa shape index (κ1) is 12.9. The van der Waals surface area contributed by atoms with Crippen LogP contribution in [0.1, 0.15) is 37.0 Å². The van der Waals surface area contributed by atoms with Gasteiger partial charge in [-0.25, -0.2) is 0 Å². The summed E-state index contributed by atoms with van der Waals surface area (Å²) in [5, 5.41) is 0. The molecule has 0 fully saturated rings. The van der Waals surface area contributed by atoms with Gasteiger partial charge < -0.3 is 0 Å². The Balaban J connectivity index is 2.09. The van der Waals surface area contributed by atoms with Crippen LogP contribution in [0.3, 0.4) is 0 Å². The smallest absolute Gasteiger partial charge is 0.0402 e. The number of halogens is 1. The molecule has 2 heteroatoms. The van der Waals surface area contributed by atoms with Crippen molar-refractivity contribution in [2.24, 2.45) is 0 Å². The minimum atomic E-state index is 0.0561. The Bertz CT molecular complexity index is 398. The zero-order chi connectivity index (χ0) is 12.5. The second-order valence-electron chi connectivity index (χ2n) is 5.76. The first-order valence-electron chi connectivity index (χ1n) is 6.41. The van der Waals surface area contributed by atoms with Crippen molar-refractivity contribution in [3.05, 3.63) is 34.9 Å². The minimum Gasteiger partial charge on any atom is -0.296 e. The fraction of sp³-hybridized carbons (Fsp3) is 0.600. The number of alkyl halides is 1. The second kappa shape index (κ2) is 4.99. The Kier molecular flexibility index (Phi) is 3.79. The molecule has 0 amide bonds. The minimum absolute atomic E-state index is 0.0561. The van der Waals surface area contributed by atoms with E-state index in [1.807, 2.05) is 0 Å². The predicted octanol–water partition coefficient (Wildman–Crippen LogP) is 3.62. The molecule has 1 nitrogen and oxygen atoms in total. The molecule has 0 saturated carbocycles. The van der Waals surface area contributed by atoms with Gasteiger partial charge >= 0.3 is 0 Å². The Morgan fingerprint density at radius 3 is 2.65 bits per heavy atom. The largest absolute Gasteiger partial charge is 0.296 e. The van der Waals surface area contributed by atoms with Crippen LogP contribution in [0.15, 0.2) is 18.2 Å². The highest BCUT2D eigenvalue weighted by atomic mass is 35.5. The van der Waals surface area contributed by atoms with Crippen molar-refractivity contribution in [2.45, 2.75) is 45.2 Å². The van der Waals surface area contributed by atoms with Crippen LogP contribution >= 0.6 is 11.6 Å². The number of fused-ring (bicyclic) bond motifs is 1. The Labute approximate surface area is 110 Å². The maximum atomic E-state index is 6.01. The molecule has 1 aromatic rings. The summed E-state index contributed by atoms with van der Waals surface area (Å²) in [6, 6.07) is 6.95. The van der Waals surface area contributed by atoms with Crippen LogP contribution in [-0.2, 0) is 19.4 Å². The first-order chi connectivity index (χ1) is 8.03. The summed E-state index contributed by atoms with van der Waals surface area (Å²) < 4.78 is 0. The third-order valence-corrected chi connectivity index (χ3v) is 4.60. The third-order valence-electron chi connectivity index (χ3n) is 3.94. The summed E-state index contributed by atoms with van der Waals surface area (Å²) in [6.45, 7) is 5.35. The molecule has 0 atom stereocenters. The molecule has 2 rings (SSSR count). The molecule has 0 aromatic heterocycles. The summed E-state index contributed by atoms with van der Waals surface area (Å²) in [5.41, 5.74) is 4.57. The lowest BCUT2D eigenvalue weighted by molar-refractivity contribution is 0.170. The number of hydrogen-bond acceptors (Lipinski definition) is 1. The number of aryl methyl sites for hydroxylation is 2. The van der Waals surface area contributed by atoms with E-state index >= 15 is 0 Å². The lowest BCUT2D eigenvalue weighted by atomic mass is 10.0. The maximum absolute atomic E-state index is 6.01. The van der Waals surface area contributed by atoms with Crippen LogP contribution in [0.5, 0.6) is 0 Å². The SMILES string of the molecule is CN(Cc1ccc2c(c1)CCC2)C(C)(C)CCl. The topological polar surface area (TPSA) is 3.24 Å². The van der Waals surface area contributed by atoms with Crippen molar-refractivity contribution in [1.29, 1.82) is 0 Å². The highest BCUT2D eigenvalue weighted by Gasteiger charge is 2.22. The highest BCUT2D eigenvalue weighted by Crippen LogP contribution is 2.24. The molecular formula is C15H22ClN. The quantitative estimate of drug-likeness (QED) is 0.739. The normalized spacial score (nSPS) is 15.4. The van der Waals surface area contributed by atoms with Crippen LogP contribution in [0.2, 0.25) is 0 Å². The van der Waals surface area contributed by atoms with E-state index in [0.29, 0.717) is 5.88 Å². The van der Waals surface area contributed by atoms with E-state index in [1.54, 1.807) is 11.1 Å². The van der Waals surface area contributed by atoms with Crippen molar-refractivity contribution >= 4 is 11.6 Å². The lowest BCUT2D eigenvalue weighted by Crippen LogP contribution is -2.42. The molecule has 0 bridgehead atoms. The fourth-order valence-corrected chi connectivity index (χ4v) is 2.52. The van der Waals surface area contributed by atoms with Gasteiger partial charge in [-0.05, 0) is 56.8 Å². The van der Waals surface area contributed by atoms with E-state index in [0.717, 1.165) is 6.54 Å². The fourth-order valence-electron chi connectivity index (χ4n) is 2.31. The van der Waals surface area contributed by atoms with Gasteiger partial charge in [0.15, 0.2) is 0 Å². The van der Waals surface area contributed by atoms with E-state index in [1.165, 1.54) is 24.8 Å². The Morgan fingerprint density at radius 1 is 1.24 bits per heavy atom. The molecule has 0 radical (unpaired) electrons. The molecule has 1 aliphatic carbocycles. The number of nitrogens with zero attached hydrogens (tertiary/aromatic N) is 1. The molecule has 1 aliphatic rings. The van der Waals surface area contributed by atoms with Crippen molar-refractivity contribution in [3.63, 3.8) is 0 Å². The number of benzene rings is 1. The van der Waals surface area contributed by atoms with Crippen molar-refractivity contribution in [3.8, 4) is 0 Å². The summed E-state index contributed by atoms with van der Waals surface area (Å²) in [7, 11) is 2.15. The van der Waals surface area contributed by atoms with Gasteiger partial charge in [-0.1, -0.05) is 18.2 Å². The first-order valence-corrected chi connectivity index (χ1v) is 6.94. The molecule has 0 unspecified atom stereocenters. The van der Waals surface area contributed by atoms with E-state index in [-0.39, 0.29) is 5.54 Å². The zero-order valence-corrected chi connectivity index (χ0v) is 11.8. The second-order valence-corrected chi connectivity index (χ2v) is 6.03. The summed E-state index contributed by atoms with van der Waals surface area (Å²) in [5.74, 6) is 0.661. The van der Waals surface area contributed by atoms with E-state index in [9.17, 15) is 0 Å². The molecule has 0 saturated heterocycles. The van der Waals surface area contributed by atoms with Gasteiger partial charge in [0.25, 0.3) is 0 Å². The number of rotatable bonds is 4. The third kappa shape index (κ3) is 2.83. The van der Waals surface area contributed by atoms with Gasteiger partial charge in [0, 0.05) is 18.0 Å².